The van der Waals surface area contributed by atoms with Crippen molar-refractivity contribution >= 4 is 11.3 Å². The Morgan fingerprint density at radius 2 is 2.14 bits per heavy atom. The van der Waals surface area contributed by atoms with Gasteiger partial charge in [0.15, 0.2) is 5.82 Å². The summed E-state index contributed by atoms with van der Waals surface area (Å²) in [5.41, 5.74) is 6.14. The molecule has 0 aromatic carbocycles. The number of likely N-dealkylation sites (N-methyl/N-ethyl adjacent to an activating group) is 1. The second-order valence-corrected chi connectivity index (χ2v) is 6.10. The van der Waals surface area contributed by atoms with Crippen molar-refractivity contribution in [2.24, 2.45) is 5.73 Å². The van der Waals surface area contributed by atoms with Crippen molar-refractivity contribution in [3.8, 4) is 0 Å². The highest BCUT2D eigenvalue weighted by Gasteiger charge is 2.16. The van der Waals surface area contributed by atoms with E-state index in [2.05, 4.69) is 46.4 Å². The molecule has 1 unspecified atom stereocenters. The fourth-order valence-corrected chi connectivity index (χ4v) is 2.98. The Labute approximate surface area is 130 Å². The number of aryl methyl sites for hydroxylation is 2. The molecule has 0 aliphatic rings. The van der Waals surface area contributed by atoms with E-state index in [0.29, 0.717) is 11.7 Å². The van der Waals surface area contributed by atoms with Crippen molar-refractivity contribution in [3.05, 3.63) is 34.1 Å². The van der Waals surface area contributed by atoms with Crippen molar-refractivity contribution in [2.45, 2.75) is 39.2 Å². The SMILES string of the molecule is CCN(CC)CC(N)c1noc(CCCc2cccs2)n1. The van der Waals surface area contributed by atoms with Gasteiger partial charge in [-0.15, -0.1) is 11.3 Å². The molecule has 0 aliphatic carbocycles. The first kappa shape index (κ1) is 16.1. The van der Waals surface area contributed by atoms with Gasteiger partial charge in [0.2, 0.25) is 5.89 Å². The molecule has 0 saturated heterocycles. The molecule has 2 aromatic heterocycles. The summed E-state index contributed by atoms with van der Waals surface area (Å²) in [6, 6.07) is 4.06. The third-order valence-electron chi connectivity index (χ3n) is 3.56. The van der Waals surface area contributed by atoms with Crippen LogP contribution in [0.3, 0.4) is 0 Å². The lowest BCUT2D eigenvalue weighted by molar-refractivity contribution is 0.277. The molecule has 0 aliphatic heterocycles. The molecule has 2 rings (SSSR count). The van der Waals surface area contributed by atoms with Gasteiger partial charge in [0.25, 0.3) is 0 Å². The Bertz CT molecular complexity index is 507. The van der Waals surface area contributed by atoms with E-state index in [-0.39, 0.29) is 6.04 Å². The van der Waals surface area contributed by atoms with E-state index >= 15 is 0 Å². The van der Waals surface area contributed by atoms with Gasteiger partial charge in [0, 0.05) is 17.8 Å². The third kappa shape index (κ3) is 4.91. The maximum absolute atomic E-state index is 6.14. The molecule has 2 aromatic rings. The number of hydrogen-bond donors (Lipinski definition) is 1. The molecular formula is C15H24N4OS. The summed E-state index contributed by atoms with van der Waals surface area (Å²) < 4.78 is 5.30. The summed E-state index contributed by atoms with van der Waals surface area (Å²) in [5.74, 6) is 1.31. The molecule has 21 heavy (non-hydrogen) atoms. The van der Waals surface area contributed by atoms with Crippen molar-refractivity contribution in [1.29, 1.82) is 0 Å². The van der Waals surface area contributed by atoms with Gasteiger partial charge in [0.1, 0.15) is 0 Å². The van der Waals surface area contributed by atoms with Crippen molar-refractivity contribution in [1.82, 2.24) is 15.0 Å². The number of thiophene rings is 1. The monoisotopic (exact) mass is 308 g/mol. The van der Waals surface area contributed by atoms with Gasteiger partial charge in [0.05, 0.1) is 6.04 Å². The summed E-state index contributed by atoms with van der Waals surface area (Å²) in [4.78, 5) is 8.08. The Balaban J connectivity index is 1.80. The molecule has 2 N–H and O–H groups in total. The highest BCUT2D eigenvalue weighted by Crippen LogP contribution is 2.14. The first-order valence-corrected chi connectivity index (χ1v) is 8.43. The molecule has 0 bridgehead atoms. The number of hydrogen-bond acceptors (Lipinski definition) is 6. The minimum Gasteiger partial charge on any atom is -0.339 e. The molecule has 0 fully saturated rings. The van der Waals surface area contributed by atoms with Crippen LogP contribution in [0.5, 0.6) is 0 Å². The Morgan fingerprint density at radius 3 is 2.81 bits per heavy atom. The van der Waals surface area contributed by atoms with Crippen molar-refractivity contribution in [3.63, 3.8) is 0 Å². The molecule has 2 heterocycles. The lowest BCUT2D eigenvalue weighted by Gasteiger charge is -2.20. The van der Waals surface area contributed by atoms with Crippen LogP contribution < -0.4 is 5.73 Å². The second-order valence-electron chi connectivity index (χ2n) is 5.07. The van der Waals surface area contributed by atoms with Gasteiger partial charge < -0.3 is 15.2 Å². The van der Waals surface area contributed by atoms with E-state index in [9.17, 15) is 0 Å². The van der Waals surface area contributed by atoms with E-state index in [1.165, 1.54) is 4.88 Å². The van der Waals surface area contributed by atoms with Crippen LogP contribution in [0.15, 0.2) is 22.0 Å². The topological polar surface area (TPSA) is 68.2 Å². The number of nitrogens with zero attached hydrogens (tertiary/aromatic N) is 3. The van der Waals surface area contributed by atoms with Crippen LogP contribution in [0.4, 0.5) is 0 Å². The number of rotatable bonds is 9. The standard InChI is InChI=1S/C15H24N4OS/c1-3-19(4-2)11-13(16)15-17-14(20-18-15)9-5-7-12-8-6-10-21-12/h6,8,10,13H,3-5,7,9,11,16H2,1-2H3. The predicted molar refractivity (Wildman–Crippen MR) is 85.4 cm³/mol. The number of aromatic nitrogens is 2. The first-order valence-electron chi connectivity index (χ1n) is 7.55. The van der Waals surface area contributed by atoms with Crippen LogP contribution >= 0.6 is 11.3 Å². The van der Waals surface area contributed by atoms with E-state index < -0.39 is 0 Å². The lowest BCUT2D eigenvalue weighted by atomic mass is 10.2. The van der Waals surface area contributed by atoms with E-state index in [1.807, 2.05) is 0 Å². The highest BCUT2D eigenvalue weighted by atomic mass is 32.1. The van der Waals surface area contributed by atoms with Crippen LogP contribution in [-0.2, 0) is 12.8 Å². The zero-order valence-electron chi connectivity index (χ0n) is 12.8. The summed E-state index contributed by atoms with van der Waals surface area (Å²) >= 11 is 1.79. The van der Waals surface area contributed by atoms with Gasteiger partial charge in [-0.05, 0) is 37.4 Å². The summed E-state index contributed by atoms with van der Waals surface area (Å²) in [5, 5.41) is 6.12. The Hall–Kier alpha value is -1.24. The summed E-state index contributed by atoms with van der Waals surface area (Å²) in [7, 11) is 0. The molecule has 1 atom stereocenters. The Kier molecular flexibility index (Phi) is 6.35. The minimum atomic E-state index is -0.181. The average molecular weight is 308 g/mol. The fourth-order valence-electron chi connectivity index (χ4n) is 2.23. The Morgan fingerprint density at radius 1 is 1.33 bits per heavy atom. The van der Waals surface area contributed by atoms with Gasteiger partial charge in [-0.1, -0.05) is 25.1 Å². The average Bonchev–Trinajstić information content (AvgIpc) is 3.16. The minimum absolute atomic E-state index is 0.181. The second kappa shape index (κ2) is 8.26. The normalized spacial score (nSPS) is 13.0. The zero-order valence-corrected chi connectivity index (χ0v) is 13.6. The lowest BCUT2D eigenvalue weighted by Crippen LogP contribution is -2.32. The number of nitrogens with two attached hydrogens (primary N) is 1. The molecule has 0 saturated carbocycles. The predicted octanol–water partition coefficient (Wildman–Crippen LogP) is 2.65. The van der Waals surface area contributed by atoms with Crippen molar-refractivity contribution < 1.29 is 4.52 Å². The molecule has 6 heteroatoms. The van der Waals surface area contributed by atoms with Crippen LogP contribution in [0.25, 0.3) is 0 Å². The van der Waals surface area contributed by atoms with E-state index in [4.69, 9.17) is 10.3 Å². The van der Waals surface area contributed by atoms with E-state index in [0.717, 1.165) is 38.9 Å². The smallest absolute Gasteiger partial charge is 0.226 e. The maximum Gasteiger partial charge on any atom is 0.226 e. The molecule has 5 nitrogen and oxygen atoms in total. The molecule has 116 valence electrons. The molecule has 0 spiro atoms. The zero-order chi connectivity index (χ0) is 15.1. The van der Waals surface area contributed by atoms with Crippen LogP contribution in [0.1, 0.15) is 42.9 Å². The summed E-state index contributed by atoms with van der Waals surface area (Å²) in [6.45, 7) is 6.98. The van der Waals surface area contributed by atoms with Gasteiger partial charge in [-0.2, -0.15) is 4.98 Å². The third-order valence-corrected chi connectivity index (χ3v) is 4.49. The fraction of sp³-hybridized carbons (Fsp3) is 0.600. The molecular weight excluding hydrogens is 284 g/mol. The maximum atomic E-state index is 6.14. The first-order chi connectivity index (χ1) is 10.2. The van der Waals surface area contributed by atoms with Gasteiger partial charge >= 0.3 is 0 Å². The quantitative estimate of drug-likeness (QED) is 0.771. The van der Waals surface area contributed by atoms with Gasteiger partial charge in [-0.3, -0.25) is 0 Å². The van der Waals surface area contributed by atoms with E-state index in [1.54, 1.807) is 11.3 Å². The van der Waals surface area contributed by atoms with Crippen LogP contribution in [0, 0.1) is 0 Å². The largest absolute Gasteiger partial charge is 0.339 e. The highest BCUT2D eigenvalue weighted by molar-refractivity contribution is 7.09. The van der Waals surface area contributed by atoms with Gasteiger partial charge in [-0.25, -0.2) is 0 Å². The van der Waals surface area contributed by atoms with Crippen LogP contribution in [-0.4, -0.2) is 34.7 Å². The molecule has 0 amide bonds. The molecule has 0 radical (unpaired) electrons. The summed E-state index contributed by atoms with van der Waals surface area (Å²) in [6.07, 6.45) is 2.89. The van der Waals surface area contributed by atoms with Crippen LogP contribution in [0.2, 0.25) is 0 Å². The van der Waals surface area contributed by atoms with Crippen molar-refractivity contribution in [2.75, 3.05) is 19.6 Å².